The molecule has 1 fully saturated rings. The summed E-state index contributed by atoms with van der Waals surface area (Å²) in [5.74, 6) is 0.228. The fourth-order valence-corrected chi connectivity index (χ4v) is 3.40. The second kappa shape index (κ2) is 5.98. The molecule has 0 heterocycles. The Morgan fingerprint density at radius 2 is 1.67 bits per heavy atom. The molecule has 100 valence electrons. The van der Waals surface area contributed by atoms with Crippen molar-refractivity contribution in [2.45, 2.75) is 37.8 Å². The molecule has 1 aromatic carbocycles. The quantitative estimate of drug-likeness (QED) is 0.822. The van der Waals surface area contributed by atoms with Gasteiger partial charge < -0.3 is 10.8 Å². The van der Waals surface area contributed by atoms with E-state index in [1.807, 2.05) is 0 Å². The summed E-state index contributed by atoms with van der Waals surface area (Å²) in [6.45, 7) is 0. The van der Waals surface area contributed by atoms with Crippen LogP contribution in [-0.2, 0) is 0 Å². The minimum absolute atomic E-state index is 0.228. The highest BCUT2D eigenvalue weighted by atomic mass is 35.5. The first-order valence-electron chi connectivity index (χ1n) is 6.09. The van der Waals surface area contributed by atoms with Crippen LogP contribution in [-0.4, -0.2) is 11.2 Å². The van der Waals surface area contributed by atoms with E-state index >= 15 is 0 Å². The molecule has 0 saturated heterocycles. The van der Waals surface area contributed by atoms with Crippen LogP contribution in [0.25, 0.3) is 0 Å². The molecule has 2 rings (SSSR count). The van der Waals surface area contributed by atoms with Crippen LogP contribution in [0.15, 0.2) is 12.1 Å². The Balaban J connectivity index is 2.27. The predicted molar refractivity (Wildman–Crippen MR) is 76.4 cm³/mol. The van der Waals surface area contributed by atoms with Crippen molar-refractivity contribution in [2.75, 3.05) is 0 Å². The van der Waals surface area contributed by atoms with E-state index in [0.29, 0.717) is 20.6 Å². The number of rotatable bonds is 3. The largest absolute Gasteiger partial charge is 0.391 e. The first-order valence-corrected chi connectivity index (χ1v) is 7.22. The molecule has 1 aliphatic rings. The van der Waals surface area contributed by atoms with E-state index in [1.54, 1.807) is 12.1 Å². The molecule has 5 heteroatoms. The van der Waals surface area contributed by atoms with Gasteiger partial charge in [0.05, 0.1) is 22.2 Å². The van der Waals surface area contributed by atoms with E-state index in [0.717, 1.165) is 25.7 Å². The Bertz CT molecular complexity index is 432. The van der Waals surface area contributed by atoms with Crippen LogP contribution < -0.4 is 5.73 Å². The predicted octanol–water partition coefficient (Wildman–Crippen LogP) is 4.20. The minimum Gasteiger partial charge on any atom is -0.391 e. The van der Waals surface area contributed by atoms with Crippen molar-refractivity contribution in [1.29, 1.82) is 0 Å². The minimum atomic E-state index is -0.624. The van der Waals surface area contributed by atoms with Crippen LogP contribution in [0.1, 0.15) is 37.3 Å². The normalized spacial score (nSPS) is 20.1. The molecule has 0 aromatic heterocycles. The summed E-state index contributed by atoms with van der Waals surface area (Å²) in [6.07, 6.45) is 3.67. The lowest BCUT2D eigenvalue weighted by Crippen LogP contribution is -2.32. The maximum absolute atomic E-state index is 10.3. The van der Waals surface area contributed by atoms with Gasteiger partial charge in [-0.15, -0.1) is 0 Å². The van der Waals surface area contributed by atoms with Gasteiger partial charge in [0.1, 0.15) is 0 Å². The molecule has 2 atom stereocenters. The van der Waals surface area contributed by atoms with Gasteiger partial charge in [-0.25, -0.2) is 0 Å². The highest BCUT2D eigenvalue weighted by Crippen LogP contribution is 2.39. The Kier molecular flexibility index (Phi) is 4.79. The number of halogens is 3. The average molecular weight is 309 g/mol. The molecule has 18 heavy (non-hydrogen) atoms. The zero-order valence-electron chi connectivity index (χ0n) is 9.87. The van der Waals surface area contributed by atoms with Crippen molar-refractivity contribution >= 4 is 34.8 Å². The van der Waals surface area contributed by atoms with Crippen molar-refractivity contribution in [1.82, 2.24) is 0 Å². The van der Waals surface area contributed by atoms with Gasteiger partial charge in [-0.05, 0) is 30.9 Å². The molecule has 1 saturated carbocycles. The number of aliphatic hydroxyl groups is 1. The van der Waals surface area contributed by atoms with E-state index in [-0.39, 0.29) is 5.92 Å². The summed E-state index contributed by atoms with van der Waals surface area (Å²) in [6, 6.07) is 2.70. The Morgan fingerprint density at radius 1 is 1.11 bits per heavy atom. The summed E-state index contributed by atoms with van der Waals surface area (Å²) in [5.41, 5.74) is 6.66. The summed E-state index contributed by atoms with van der Waals surface area (Å²) >= 11 is 18.2. The van der Waals surface area contributed by atoms with Crippen molar-refractivity contribution in [3.63, 3.8) is 0 Å². The highest BCUT2D eigenvalue weighted by molar-refractivity contribution is 6.44. The van der Waals surface area contributed by atoms with Crippen molar-refractivity contribution in [3.05, 3.63) is 32.8 Å². The Hall–Kier alpha value is 0.01000. The van der Waals surface area contributed by atoms with E-state index in [1.165, 1.54) is 0 Å². The third-order valence-corrected chi connectivity index (χ3v) is 4.81. The summed E-state index contributed by atoms with van der Waals surface area (Å²) in [5, 5.41) is 11.5. The SMILES string of the molecule is N[C@H](c1c(Cl)ccc(Cl)c1Cl)[C@@H](O)C1CCCC1. The van der Waals surface area contributed by atoms with Crippen LogP contribution >= 0.6 is 34.8 Å². The summed E-state index contributed by atoms with van der Waals surface area (Å²) < 4.78 is 0. The lowest BCUT2D eigenvalue weighted by atomic mass is 9.91. The molecule has 1 aliphatic carbocycles. The lowest BCUT2D eigenvalue weighted by Gasteiger charge is -2.26. The second-order valence-corrected chi connectivity index (χ2v) is 6.01. The van der Waals surface area contributed by atoms with E-state index in [2.05, 4.69) is 0 Å². The number of benzene rings is 1. The maximum atomic E-state index is 10.3. The van der Waals surface area contributed by atoms with Crippen LogP contribution in [0.4, 0.5) is 0 Å². The van der Waals surface area contributed by atoms with Crippen LogP contribution in [0.3, 0.4) is 0 Å². The number of nitrogens with two attached hydrogens (primary N) is 1. The van der Waals surface area contributed by atoms with Gasteiger partial charge in [0, 0.05) is 10.6 Å². The van der Waals surface area contributed by atoms with Gasteiger partial charge in [0.25, 0.3) is 0 Å². The molecule has 0 amide bonds. The van der Waals surface area contributed by atoms with Gasteiger partial charge >= 0.3 is 0 Å². The smallest absolute Gasteiger partial charge is 0.0761 e. The average Bonchev–Trinajstić information content (AvgIpc) is 2.87. The highest BCUT2D eigenvalue weighted by Gasteiger charge is 2.31. The molecule has 0 unspecified atom stereocenters. The van der Waals surface area contributed by atoms with Crippen LogP contribution in [0.5, 0.6) is 0 Å². The first-order chi connectivity index (χ1) is 8.52. The fraction of sp³-hybridized carbons (Fsp3) is 0.538. The van der Waals surface area contributed by atoms with E-state index in [4.69, 9.17) is 40.5 Å². The standard InChI is InChI=1S/C13H16Cl3NO/c14-8-5-6-9(15)11(16)10(8)12(17)13(18)7-3-1-2-4-7/h5-7,12-13,18H,1-4,17H2/t12-,13+/m1/s1. The van der Waals surface area contributed by atoms with Crippen molar-refractivity contribution < 1.29 is 5.11 Å². The number of hydrogen-bond donors (Lipinski definition) is 2. The van der Waals surface area contributed by atoms with Crippen LogP contribution in [0, 0.1) is 5.92 Å². The van der Waals surface area contributed by atoms with Gasteiger partial charge in [-0.3, -0.25) is 0 Å². The molecule has 0 aliphatic heterocycles. The molecular weight excluding hydrogens is 293 g/mol. The fourth-order valence-electron chi connectivity index (χ4n) is 2.61. The third-order valence-electron chi connectivity index (χ3n) is 3.66. The number of hydrogen-bond acceptors (Lipinski definition) is 2. The molecule has 3 N–H and O–H groups in total. The van der Waals surface area contributed by atoms with Gasteiger partial charge in [-0.2, -0.15) is 0 Å². The summed E-state index contributed by atoms with van der Waals surface area (Å²) in [7, 11) is 0. The molecule has 0 spiro atoms. The Morgan fingerprint density at radius 3 is 2.28 bits per heavy atom. The summed E-state index contributed by atoms with van der Waals surface area (Å²) in [4.78, 5) is 0. The number of aliphatic hydroxyl groups excluding tert-OH is 1. The van der Waals surface area contributed by atoms with Crippen molar-refractivity contribution in [3.8, 4) is 0 Å². The van der Waals surface area contributed by atoms with Gasteiger partial charge in [-0.1, -0.05) is 47.6 Å². The molecule has 0 bridgehead atoms. The van der Waals surface area contributed by atoms with E-state index < -0.39 is 12.1 Å². The molecular formula is C13H16Cl3NO. The topological polar surface area (TPSA) is 46.2 Å². The zero-order chi connectivity index (χ0) is 13.3. The lowest BCUT2D eigenvalue weighted by molar-refractivity contribution is 0.0845. The molecule has 2 nitrogen and oxygen atoms in total. The zero-order valence-corrected chi connectivity index (χ0v) is 12.1. The van der Waals surface area contributed by atoms with Crippen LogP contribution in [0.2, 0.25) is 15.1 Å². The maximum Gasteiger partial charge on any atom is 0.0761 e. The molecule has 1 aromatic rings. The van der Waals surface area contributed by atoms with Gasteiger partial charge in [0.2, 0.25) is 0 Å². The Labute approximate surface area is 122 Å². The second-order valence-electron chi connectivity index (χ2n) is 4.82. The van der Waals surface area contributed by atoms with E-state index in [9.17, 15) is 5.11 Å². The third kappa shape index (κ3) is 2.78. The van der Waals surface area contributed by atoms with Gasteiger partial charge in [0.15, 0.2) is 0 Å². The monoisotopic (exact) mass is 307 g/mol. The first kappa shape index (κ1) is 14.4. The molecule has 0 radical (unpaired) electrons. The van der Waals surface area contributed by atoms with Crippen molar-refractivity contribution in [2.24, 2.45) is 11.7 Å².